The molecule has 0 N–H and O–H groups in total. The molecule has 2 aromatic heterocycles. The van der Waals surface area contributed by atoms with Crippen LogP contribution in [0.1, 0.15) is 36.8 Å². The fraction of sp³-hybridized carbons (Fsp3) is 0.409. The van der Waals surface area contributed by atoms with Gasteiger partial charge in [0.1, 0.15) is 0 Å². The summed E-state index contributed by atoms with van der Waals surface area (Å²) in [5.41, 5.74) is 0.0673. The molecule has 0 unspecified atom stereocenters. The summed E-state index contributed by atoms with van der Waals surface area (Å²) >= 11 is 0. The van der Waals surface area contributed by atoms with Gasteiger partial charge in [-0.15, -0.1) is 0 Å². The molecule has 4 rings (SSSR count). The number of likely N-dealkylation sites (tertiary alicyclic amines) is 1. The first-order chi connectivity index (χ1) is 14.3. The molecule has 0 spiro atoms. The Balaban J connectivity index is 1.59. The molecule has 1 saturated heterocycles. The van der Waals surface area contributed by atoms with Crippen LogP contribution in [-0.4, -0.2) is 38.7 Å². The van der Waals surface area contributed by atoms with Gasteiger partial charge in [-0.25, -0.2) is 0 Å². The predicted octanol–water partition coefficient (Wildman–Crippen LogP) is 4.49. The third-order valence-electron chi connectivity index (χ3n) is 5.68. The second-order valence-corrected chi connectivity index (χ2v) is 7.96. The van der Waals surface area contributed by atoms with Crippen molar-refractivity contribution >= 4 is 16.8 Å². The minimum atomic E-state index is -4.46. The molecule has 3 heterocycles. The van der Waals surface area contributed by atoms with Gasteiger partial charge in [-0.1, -0.05) is 19.1 Å². The van der Waals surface area contributed by atoms with Crippen molar-refractivity contribution in [2.45, 2.75) is 38.4 Å². The van der Waals surface area contributed by atoms with Gasteiger partial charge in [-0.2, -0.15) is 18.3 Å². The normalized spacial score (nSPS) is 19.9. The largest absolute Gasteiger partial charge is 0.418 e. The van der Waals surface area contributed by atoms with E-state index in [0.717, 1.165) is 18.1 Å². The molecule has 0 bridgehead atoms. The average molecular weight is 416 g/mol. The van der Waals surface area contributed by atoms with E-state index in [1.54, 1.807) is 29.1 Å². The molecule has 1 fully saturated rings. The molecule has 0 radical (unpaired) electrons. The van der Waals surface area contributed by atoms with Gasteiger partial charge in [0.25, 0.3) is 0 Å². The van der Waals surface area contributed by atoms with E-state index < -0.39 is 11.7 Å². The minimum Gasteiger partial charge on any atom is -0.342 e. The maximum Gasteiger partial charge on any atom is 0.418 e. The quantitative estimate of drug-likeness (QED) is 0.630. The number of benzene rings is 1. The Morgan fingerprint density at radius 2 is 2.00 bits per heavy atom. The molecule has 1 aliphatic rings. The van der Waals surface area contributed by atoms with Gasteiger partial charge < -0.3 is 4.90 Å². The molecule has 1 aliphatic heterocycles. The van der Waals surface area contributed by atoms with Crippen molar-refractivity contribution in [2.75, 3.05) is 13.1 Å². The number of nitrogens with zero attached hydrogens (tertiary/aromatic N) is 4. The highest BCUT2D eigenvalue weighted by atomic mass is 19.4. The highest BCUT2D eigenvalue weighted by molar-refractivity contribution is 5.86. The molecule has 0 aliphatic carbocycles. The summed E-state index contributed by atoms with van der Waals surface area (Å²) < 4.78 is 42.0. The fourth-order valence-electron chi connectivity index (χ4n) is 4.36. The lowest BCUT2D eigenvalue weighted by molar-refractivity contribution is -0.136. The number of amides is 1. The van der Waals surface area contributed by atoms with Crippen molar-refractivity contribution in [1.82, 2.24) is 19.7 Å². The van der Waals surface area contributed by atoms with Crippen LogP contribution in [0.4, 0.5) is 13.2 Å². The van der Waals surface area contributed by atoms with Crippen LogP contribution in [0.5, 0.6) is 0 Å². The van der Waals surface area contributed by atoms with Crippen molar-refractivity contribution in [3.63, 3.8) is 0 Å². The number of pyridine rings is 1. The van der Waals surface area contributed by atoms with E-state index in [4.69, 9.17) is 0 Å². The third-order valence-corrected chi connectivity index (χ3v) is 5.68. The Bertz CT molecular complexity index is 1030. The van der Waals surface area contributed by atoms with Gasteiger partial charge in [0.15, 0.2) is 0 Å². The van der Waals surface area contributed by atoms with Gasteiger partial charge in [-0.3, -0.25) is 14.5 Å². The molecule has 30 heavy (non-hydrogen) atoms. The first-order valence-electron chi connectivity index (χ1n) is 10.0. The number of aryl methyl sites for hydroxylation is 1. The number of fused-ring (bicyclic) bond motifs is 1. The summed E-state index contributed by atoms with van der Waals surface area (Å²) in [5.74, 6) is 0.263. The fourth-order valence-corrected chi connectivity index (χ4v) is 4.36. The summed E-state index contributed by atoms with van der Waals surface area (Å²) in [4.78, 5) is 18.6. The Kier molecular flexibility index (Phi) is 5.49. The molecule has 1 aromatic carbocycles. The summed E-state index contributed by atoms with van der Waals surface area (Å²) in [5, 5.41) is 4.63. The lowest BCUT2D eigenvalue weighted by Crippen LogP contribution is -2.42. The maximum atomic E-state index is 13.4. The van der Waals surface area contributed by atoms with Gasteiger partial charge in [0.05, 0.1) is 11.1 Å². The van der Waals surface area contributed by atoms with E-state index in [9.17, 15) is 18.0 Å². The Morgan fingerprint density at radius 1 is 1.17 bits per heavy atom. The maximum absolute atomic E-state index is 13.4. The minimum absolute atomic E-state index is 0.0303. The number of hydrogen-bond donors (Lipinski definition) is 0. The van der Waals surface area contributed by atoms with E-state index in [2.05, 4.69) is 17.0 Å². The van der Waals surface area contributed by atoms with Crippen molar-refractivity contribution in [3.05, 3.63) is 60.0 Å². The number of carbonyl (C=O) groups is 1. The van der Waals surface area contributed by atoms with Crippen molar-refractivity contribution in [3.8, 4) is 0 Å². The van der Waals surface area contributed by atoms with Crippen LogP contribution in [0, 0.1) is 5.92 Å². The standard InChI is InChI=1S/C22H23F3N4O/c1-15-12-16(14-28(13-15)20(30)7-11-29-10-3-9-27-29)17-5-6-19(22(23,24)25)21-18(17)4-2-8-26-21/h2-6,8-10,15-16H,7,11-14H2,1H3/t15-,16-/m1/s1. The summed E-state index contributed by atoms with van der Waals surface area (Å²) in [7, 11) is 0. The van der Waals surface area contributed by atoms with E-state index in [1.807, 2.05) is 17.2 Å². The van der Waals surface area contributed by atoms with Gasteiger partial charge in [0, 0.05) is 55.9 Å². The second-order valence-electron chi connectivity index (χ2n) is 7.96. The molecule has 3 aromatic rings. The predicted molar refractivity (Wildman–Crippen MR) is 107 cm³/mol. The molecule has 158 valence electrons. The van der Waals surface area contributed by atoms with Crippen LogP contribution in [0.3, 0.4) is 0 Å². The van der Waals surface area contributed by atoms with Crippen molar-refractivity contribution in [2.24, 2.45) is 5.92 Å². The number of aromatic nitrogens is 3. The van der Waals surface area contributed by atoms with E-state index in [0.29, 0.717) is 31.4 Å². The number of alkyl halides is 3. The molecular formula is C22H23F3N4O. The van der Waals surface area contributed by atoms with Crippen LogP contribution in [0.25, 0.3) is 10.9 Å². The zero-order valence-corrected chi connectivity index (χ0v) is 16.6. The number of carbonyl (C=O) groups excluding carboxylic acids is 1. The van der Waals surface area contributed by atoms with Crippen LogP contribution in [-0.2, 0) is 17.5 Å². The first kappa shape index (κ1) is 20.4. The van der Waals surface area contributed by atoms with Gasteiger partial charge in [-0.05, 0) is 36.1 Å². The van der Waals surface area contributed by atoms with E-state index in [-0.39, 0.29) is 23.3 Å². The average Bonchev–Trinajstić information content (AvgIpc) is 3.23. The van der Waals surface area contributed by atoms with Crippen LogP contribution < -0.4 is 0 Å². The molecule has 5 nitrogen and oxygen atoms in total. The zero-order chi connectivity index (χ0) is 21.3. The molecule has 1 amide bonds. The van der Waals surface area contributed by atoms with Crippen LogP contribution in [0.2, 0.25) is 0 Å². The molecule has 0 saturated carbocycles. The zero-order valence-electron chi connectivity index (χ0n) is 16.6. The molecular weight excluding hydrogens is 393 g/mol. The summed E-state index contributed by atoms with van der Waals surface area (Å²) in [6, 6.07) is 7.84. The summed E-state index contributed by atoms with van der Waals surface area (Å²) in [6.07, 6.45) is 1.58. The summed E-state index contributed by atoms with van der Waals surface area (Å²) in [6.45, 7) is 3.74. The number of rotatable bonds is 4. The van der Waals surface area contributed by atoms with Gasteiger partial charge in [0.2, 0.25) is 5.91 Å². The SMILES string of the molecule is C[C@@H]1C[C@@H](c2ccc(C(F)(F)F)c3ncccc23)CN(C(=O)CCn2cccn2)C1. The second kappa shape index (κ2) is 8.08. The van der Waals surface area contributed by atoms with E-state index >= 15 is 0 Å². The highest BCUT2D eigenvalue weighted by Crippen LogP contribution is 2.39. The number of halogens is 3. The monoisotopic (exact) mass is 416 g/mol. The first-order valence-corrected chi connectivity index (χ1v) is 10.0. The van der Waals surface area contributed by atoms with Gasteiger partial charge >= 0.3 is 6.18 Å². The Labute approximate surface area is 172 Å². The van der Waals surface area contributed by atoms with Crippen LogP contribution in [0.15, 0.2) is 48.9 Å². The van der Waals surface area contributed by atoms with Crippen LogP contribution >= 0.6 is 0 Å². The third kappa shape index (κ3) is 4.17. The lowest BCUT2D eigenvalue weighted by atomic mass is 9.83. The smallest absolute Gasteiger partial charge is 0.342 e. The Morgan fingerprint density at radius 3 is 2.73 bits per heavy atom. The number of hydrogen-bond acceptors (Lipinski definition) is 3. The van der Waals surface area contributed by atoms with Crippen molar-refractivity contribution in [1.29, 1.82) is 0 Å². The van der Waals surface area contributed by atoms with E-state index in [1.165, 1.54) is 6.20 Å². The highest BCUT2D eigenvalue weighted by Gasteiger charge is 2.35. The molecule has 8 heteroatoms. The lowest BCUT2D eigenvalue weighted by Gasteiger charge is -2.37. The topological polar surface area (TPSA) is 51.0 Å². The number of piperidine rings is 1. The molecule has 2 atom stereocenters. The van der Waals surface area contributed by atoms with Crippen molar-refractivity contribution < 1.29 is 18.0 Å². The Hall–Kier alpha value is -2.90.